The fourth-order valence-electron chi connectivity index (χ4n) is 2.17. The van der Waals surface area contributed by atoms with E-state index in [1.807, 2.05) is 6.07 Å². The van der Waals surface area contributed by atoms with E-state index in [0.717, 1.165) is 11.6 Å². The van der Waals surface area contributed by atoms with Crippen LogP contribution >= 0.6 is 0 Å². The first-order chi connectivity index (χ1) is 11.4. The van der Waals surface area contributed by atoms with Crippen LogP contribution in [-0.2, 0) is 26.0 Å². The highest BCUT2D eigenvalue weighted by Gasteiger charge is 2.27. The molecular weight excluding hydrogens is 330 g/mol. The van der Waals surface area contributed by atoms with Gasteiger partial charge in [0.15, 0.2) is 0 Å². The Hall–Kier alpha value is -2.38. The van der Waals surface area contributed by atoms with Crippen LogP contribution in [0.3, 0.4) is 0 Å². The zero-order chi connectivity index (χ0) is 17.6. The van der Waals surface area contributed by atoms with Crippen molar-refractivity contribution in [3.05, 3.63) is 60.2 Å². The summed E-state index contributed by atoms with van der Waals surface area (Å²) in [6.07, 6.45) is 0.164. The summed E-state index contributed by atoms with van der Waals surface area (Å²) in [7, 11) is -3.98. The number of rotatable bonds is 7. The lowest BCUT2D eigenvalue weighted by molar-refractivity contribution is -0.145. The van der Waals surface area contributed by atoms with Crippen molar-refractivity contribution in [2.75, 3.05) is 6.61 Å². The predicted octanol–water partition coefficient (Wildman–Crippen LogP) is 1.84. The summed E-state index contributed by atoms with van der Waals surface area (Å²) in [5.74, 6) is -0.821. The molecule has 2 rings (SSSR count). The van der Waals surface area contributed by atoms with Gasteiger partial charge in [0.1, 0.15) is 11.8 Å². The molecule has 1 unspecified atom stereocenters. The smallest absolute Gasteiger partial charge is 0.324 e. The van der Waals surface area contributed by atoms with E-state index in [-0.39, 0.29) is 23.7 Å². The fourth-order valence-corrected chi connectivity index (χ4v) is 3.40. The molecule has 0 heterocycles. The van der Waals surface area contributed by atoms with E-state index in [2.05, 4.69) is 4.72 Å². The summed E-state index contributed by atoms with van der Waals surface area (Å²) in [6.45, 7) is 1.80. The standard InChI is InChI=1S/C17H19NO5S/c1-2-23-17(20)16(11-13-7-4-3-5-8-13)18-24(21,22)15-10-6-9-14(19)12-15/h3-10,12,16,18-19H,2,11H2,1H3. The second-order valence-electron chi connectivity index (χ2n) is 5.11. The number of ether oxygens (including phenoxy) is 1. The SMILES string of the molecule is CCOC(=O)C(Cc1ccccc1)NS(=O)(=O)c1cccc(O)c1. The molecule has 0 aromatic heterocycles. The maximum absolute atomic E-state index is 12.5. The Morgan fingerprint density at radius 3 is 2.50 bits per heavy atom. The number of hydrogen-bond acceptors (Lipinski definition) is 5. The molecule has 1 atom stereocenters. The number of phenolic OH excluding ortho intramolecular Hbond substituents is 1. The van der Waals surface area contributed by atoms with Gasteiger partial charge in [0.25, 0.3) is 0 Å². The first-order valence-electron chi connectivity index (χ1n) is 7.44. The molecule has 0 bridgehead atoms. The molecular formula is C17H19NO5S. The molecule has 0 saturated heterocycles. The van der Waals surface area contributed by atoms with Crippen molar-refractivity contribution in [1.82, 2.24) is 4.72 Å². The first-order valence-corrected chi connectivity index (χ1v) is 8.92. The Kier molecular flexibility index (Phi) is 5.94. The number of benzene rings is 2. The summed E-state index contributed by atoms with van der Waals surface area (Å²) >= 11 is 0. The number of nitrogens with one attached hydrogen (secondary N) is 1. The van der Waals surface area contributed by atoms with Crippen LogP contribution in [0.1, 0.15) is 12.5 Å². The Morgan fingerprint density at radius 2 is 1.88 bits per heavy atom. The van der Waals surface area contributed by atoms with Gasteiger partial charge in [-0.15, -0.1) is 0 Å². The molecule has 2 aromatic carbocycles. The summed E-state index contributed by atoms with van der Waals surface area (Å²) in [6, 6.07) is 13.2. The minimum Gasteiger partial charge on any atom is -0.508 e. The summed E-state index contributed by atoms with van der Waals surface area (Å²) in [4.78, 5) is 12.0. The zero-order valence-electron chi connectivity index (χ0n) is 13.2. The second kappa shape index (κ2) is 7.94. The highest BCUT2D eigenvalue weighted by molar-refractivity contribution is 7.89. The number of hydrogen-bond donors (Lipinski definition) is 2. The molecule has 0 spiro atoms. The zero-order valence-corrected chi connectivity index (χ0v) is 14.0. The lowest BCUT2D eigenvalue weighted by Gasteiger charge is -2.17. The predicted molar refractivity (Wildman–Crippen MR) is 89.0 cm³/mol. The number of phenols is 1. The fraction of sp³-hybridized carbons (Fsp3) is 0.235. The number of esters is 1. The van der Waals surface area contributed by atoms with Crippen molar-refractivity contribution in [3.8, 4) is 5.75 Å². The van der Waals surface area contributed by atoms with E-state index < -0.39 is 22.0 Å². The average molecular weight is 349 g/mol. The first kappa shape index (κ1) is 18.0. The topological polar surface area (TPSA) is 92.7 Å². The maximum atomic E-state index is 12.5. The minimum atomic E-state index is -3.98. The largest absolute Gasteiger partial charge is 0.508 e. The highest BCUT2D eigenvalue weighted by atomic mass is 32.2. The maximum Gasteiger partial charge on any atom is 0.324 e. The summed E-state index contributed by atoms with van der Waals surface area (Å²) in [5, 5.41) is 9.46. The Bertz CT molecular complexity index is 790. The van der Waals surface area contributed by atoms with Crippen LogP contribution in [0, 0.1) is 0 Å². The molecule has 0 fully saturated rings. The van der Waals surface area contributed by atoms with Gasteiger partial charge >= 0.3 is 5.97 Å². The molecule has 0 saturated carbocycles. The monoisotopic (exact) mass is 349 g/mol. The Morgan fingerprint density at radius 1 is 1.17 bits per heavy atom. The van der Waals surface area contributed by atoms with Gasteiger partial charge in [-0.05, 0) is 37.1 Å². The van der Waals surface area contributed by atoms with Crippen molar-refractivity contribution in [2.24, 2.45) is 0 Å². The van der Waals surface area contributed by atoms with Gasteiger partial charge in [0, 0.05) is 0 Å². The van der Waals surface area contributed by atoms with Crippen LogP contribution in [-0.4, -0.2) is 32.1 Å². The second-order valence-corrected chi connectivity index (χ2v) is 6.83. The number of carbonyl (C=O) groups excluding carboxylic acids is 1. The van der Waals surface area contributed by atoms with Crippen LogP contribution in [0.15, 0.2) is 59.5 Å². The molecule has 2 N–H and O–H groups in total. The molecule has 128 valence electrons. The number of sulfonamides is 1. The van der Waals surface area contributed by atoms with Gasteiger partial charge in [-0.25, -0.2) is 8.42 Å². The highest BCUT2D eigenvalue weighted by Crippen LogP contribution is 2.17. The van der Waals surface area contributed by atoms with E-state index >= 15 is 0 Å². The van der Waals surface area contributed by atoms with Gasteiger partial charge in [-0.1, -0.05) is 36.4 Å². The van der Waals surface area contributed by atoms with Gasteiger partial charge in [0.2, 0.25) is 10.0 Å². The van der Waals surface area contributed by atoms with E-state index in [0.29, 0.717) is 0 Å². The summed E-state index contributed by atoms with van der Waals surface area (Å²) < 4.78 is 32.3. The summed E-state index contributed by atoms with van der Waals surface area (Å²) in [5.41, 5.74) is 0.800. The van der Waals surface area contributed by atoms with E-state index in [4.69, 9.17) is 4.74 Å². The van der Waals surface area contributed by atoms with Crippen LogP contribution < -0.4 is 4.72 Å². The molecule has 7 heteroatoms. The third-order valence-electron chi connectivity index (χ3n) is 3.28. The minimum absolute atomic E-state index is 0.120. The molecule has 0 aliphatic heterocycles. The van der Waals surface area contributed by atoms with Gasteiger partial charge < -0.3 is 9.84 Å². The molecule has 0 radical (unpaired) electrons. The van der Waals surface area contributed by atoms with Crippen molar-refractivity contribution >= 4 is 16.0 Å². The van der Waals surface area contributed by atoms with Gasteiger partial charge in [0.05, 0.1) is 11.5 Å². The number of carbonyl (C=O) groups is 1. The molecule has 24 heavy (non-hydrogen) atoms. The van der Waals surface area contributed by atoms with E-state index in [1.54, 1.807) is 31.2 Å². The molecule has 2 aromatic rings. The van der Waals surface area contributed by atoms with Crippen LogP contribution in [0.5, 0.6) is 5.75 Å². The average Bonchev–Trinajstić information content (AvgIpc) is 2.55. The van der Waals surface area contributed by atoms with E-state index in [1.165, 1.54) is 18.2 Å². The lowest BCUT2D eigenvalue weighted by Crippen LogP contribution is -2.43. The normalized spacial score (nSPS) is 12.5. The molecule has 0 aliphatic rings. The number of aromatic hydroxyl groups is 1. The molecule has 0 aliphatic carbocycles. The Balaban J connectivity index is 2.25. The van der Waals surface area contributed by atoms with Crippen molar-refractivity contribution in [2.45, 2.75) is 24.3 Å². The van der Waals surface area contributed by atoms with Crippen molar-refractivity contribution in [1.29, 1.82) is 0 Å². The van der Waals surface area contributed by atoms with Gasteiger partial charge in [-0.2, -0.15) is 4.72 Å². The van der Waals surface area contributed by atoms with Crippen LogP contribution in [0.2, 0.25) is 0 Å². The van der Waals surface area contributed by atoms with Crippen molar-refractivity contribution < 1.29 is 23.1 Å². The van der Waals surface area contributed by atoms with Crippen molar-refractivity contribution in [3.63, 3.8) is 0 Å². The Labute approximate surface area is 141 Å². The molecule has 0 amide bonds. The third kappa shape index (κ3) is 4.81. The third-order valence-corrected chi connectivity index (χ3v) is 4.75. The lowest BCUT2D eigenvalue weighted by atomic mass is 10.1. The van der Waals surface area contributed by atoms with Gasteiger partial charge in [-0.3, -0.25) is 4.79 Å². The molecule has 6 nitrogen and oxygen atoms in total. The van der Waals surface area contributed by atoms with Crippen LogP contribution in [0.4, 0.5) is 0 Å². The quantitative estimate of drug-likeness (QED) is 0.744. The van der Waals surface area contributed by atoms with Crippen LogP contribution in [0.25, 0.3) is 0 Å². The van der Waals surface area contributed by atoms with E-state index in [9.17, 15) is 18.3 Å².